The maximum atomic E-state index is 13.3. The number of likely N-dealkylation sites (tertiary alicyclic amines) is 1. The number of carbonyl (C=O) groups is 1. The van der Waals surface area contributed by atoms with E-state index in [0.29, 0.717) is 34.8 Å². The summed E-state index contributed by atoms with van der Waals surface area (Å²) in [5.74, 6) is 0.183. The van der Waals surface area contributed by atoms with Gasteiger partial charge < -0.3 is 15.4 Å². The first kappa shape index (κ1) is 21.3. The van der Waals surface area contributed by atoms with Crippen LogP contribution in [0.1, 0.15) is 16.9 Å². The van der Waals surface area contributed by atoms with Gasteiger partial charge in [0.1, 0.15) is 5.75 Å². The predicted octanol–water partition coefficient (Wildman–Crippen LogP) is 1.23. The Balaban J connectivity index is 1.76. The van der Waals surface area contributed by atoms with Gasteiger partial charge in [0.15, 0.2) is 5.69 Å². The second kappa shape index (κ2) is 7.94. The molecule has 0 radical (unpaired) electrons. The Labute approximate surface area is 181 Å². The molecule has 1 amide bonds. The third kappa shape index (κ3) is 4.13. The number of anilines is 1. The van der Waals surface area contributed by atoms with Crippen LogP contribution < -0.4 is 16.0 Å². The highest BCUT2D eigenvalue weighted by molar-refractivity contribution is 7.86. The Bertz CT molecular complexity index is 1310. The number of carbonyl (C=O) groups excluding carboxylic acids is 1. The lowest BCUT2D eigenvalue weighted by molar-refractivity contribution is 0.0768. The van der Waals surface area contributed by atoms with E-state index in [1.54, 1.807) is 29.6 Å². The van der Waals surface area contributed by atoms with E-state index in [-0.39, 0.29) is 17.6 Å². The van der Waals surface area contributed by atoms with Crippen LogP contribution in [0, 0.1) is 0 Å². The molecule has 164 valence electrons. The number of hydrogen-bond acceptors (Lipinski definition) is 9. The van der Waals surface area contributed by atoms with E-state index in [1.165, 1.54) is 12.0 Å². The van der Waals surface area contributed by atoms with E-state index in [2.05, 4.69) is 5.10 Å². The van der Waals surface area contributed by atoms with Crippen molar-refractivity contribution in [3.05, 3.63) is 45.7 Å². The summed E-state index contributed by atoms with van der Waals surface area (Å²) in [7, 11) is -2.10. The Morgan fingerprint density at radius 3 is 2.65 bits per heavy atom. The molecule has 0 bridgehead atoms. The van der Waals surface area contributed by atoms with Crippen molar-refractivity contribution >= 4 is 43.1 Å². The van der Waals surface area contributed by atoms with Crippen molar-refractivity contribution in [1.82, 2.24) is 14.7 Å². The van der Waals surface area contributed by atoms with Crippen LogP contribution in [0.3, 0.4) is 0 Å². The number of nitrogens with two attached hydrogens (primary N) is 1. The molecule has 4 rings (SSSR count). The van der Waals surface area contributed by atoms with Crippen molar-refractivity contribution in [2.24, 2.45) is 0 Å². The van der Waals surface area contributed by atoms with Gasteiger partial charge in [-0.05, 0) is 30.7 Å². The maximum absolute atomic E-state index is 13.3. The summed E-state index contributed by atoms with van der Waals surface area (Å²) in [6.45, 7) is 0.417. The molecular formula is C19H20N4O6S2. The quantitative estimate of drug-likeness (QED) is 0.557. The number of benzene rings is 1. The Kier molecular flexibility index (Phi) is 5.45. The lowest BCUT2D eigenvalue weighted by Gasteiger charge is -2.17. The predicted molar refractivity (Wildman–Crippen MR) is 116 cm³/mol. The standard InChI is InChI=1S/C19H20N4O6S2/c1-28-12-5-3-11(4-6-12)23-18(24)15-14(10-30-17(15)20)16(21-23)19(25)22-8-7-13(9-22)29-31(2,26)27/h3-6,10,13H,7-9,20H2,1-2H3/t13-/m0/s1. The zero-order chi connectivity index (χ0) is 22.3. The number of aromatic nitrogens is 2. The summed E-state index contributed by atoms with van der Waals surface area (Å²) in [5.41, 5.74) is 6.11. The first-order chi connectivity index (χ1) is 14.7. The highest BCUT2D eigenvalue weighted by Crippen LogP contribution is 2.29. The molecule has 2 aromatic heterocycles. The first-order valence-electron chi connectivity index (χ1n) is 9.30. The van der Waals surface area contributed by atoms with Gasteiger partial charge in [0, 0.05) is 23.9 Å². The molecule has 0 saturated carbocycles. The fraction of sp³-hybridized carbons (Fsp3) is 0.316. The summed E-state index contributed by atoms with van der Waals surface area (Å²) in [5, 5.41) is 6.86. The molecule has 3 heterocycles. The van der Waals surface area contributed by atoms with Crippen molar-refractivity contribution in [2.45, 2.75) is 12.5 Å². The van der Waals surface area contributed by atoms with Crippen molar-refractivity contribution in [3.63, 3.8) is 0 Å². The summed E-state index contributed by atoms with van der Waals surface area (Å²) < 4.78 is 34.1. The van der Waals surface area contributed by atoms with Crippen molar-refractivity contribution in [3.8, 4) is 11.4 Å². The summed E-state index contributed by atoms with van der Waals surface area (Å²) >= 11 is 1.15. The third-order valence-electron chi connectivity index (χ3n) is 4.94. The Hall–Kier alpha value is -2.96. The number of rotatable bonds is 5. The lowest BCUT2D eigenvalue weighted by atomic mass is 10.2. The van der Waals surface area contributed by atoms with Crippen LogP contribution in [0.4, 0.5) is 5.00 Å². The van der Waals surface area contributed by atoms with Crippen LogP contribution in [0.25, 0.3) is 16.5 Å². The van der Waals surface area contributed by atoms with Crippen LogP contribution in [0.5, 0.6) is 5.75 Å². The molecule has 3 aromatic rings. The molecule has 10 nitrogen and oxygen atoms in total. The Morgan fingerprint density at radius 2 is 2.00 bits per heavy atom. The van der Waals surface area contributed by atoms with Gasteiger partial charge in [0.25, 0.3) is 21.6 Å². The second-order valence-corrected chi connectivity index (χ2v) is 9.63. The summed E-state index contributed by atoms with van der Waals surface area (Å²) in [6.07, 6.45) is 0.738. The fourth-order valence-electron chi connectivity index (χ4n) is 3.52. The second-order valence-electron chi connectivity index (χ2n) is 7.11. The molecule has 0 aliphatic carbocycles. The monoisotopic (exact) mass is 464 g/mol. The lowest BCUT2D eigenvalue weighted by Crippen LogP contribution is -2.33. The molecule has 2 N–H and O–H groups in total. The molecule has 1 aliphatic heterocycles. The number of fused-ring (bicyclic) bond motifs is 1. The molecule has 1 fully saturated rings. The zero-order valence-corrected chi connectivity index (χ0v) is 18.4. The molecule has 0 unspecified atom stereocenters. The molecular weight excluding hydrogens is 444 g/mol. The van der Waals surface area contributed by atoms with Gasteiger partial charge in [-0.2, -0.15) is 18.2 Å². The van der Waals surface area contributed by atoms with Crippen molar-refractivity contribution < 1.29 is 22.1 Å². The normalized spacial score (nSPS) is 16.7. The van der Waals surface area contributed by atoms with Crippen molar-refractivity contribution in [2.75, 3.05) is 32.2 Å². The topological polar surface area (TPSA) is 134 Å². The van der Waals surface area contributed by atoms with Gasteiger partial charge >= 0.3 is 0 Å². The van der Waals surface area contributed by atoms with Gasteiger partial charge in [-0.3, -0.25) is 13.8 Å². The van der Waals surface area contributed by atoms with Gasteiger partial charge in [-0.25, -0.2) is 0 Å². The van der Waals surface area contributed by atoms with E-state index < -0.39 is 27.7 Å². The van der Waals surface area contributed by atoms with Gasteiger partial charge in [-0.1, -0.05) is 0 Å². The Morgan fingerprint density at radius 1 is 1.29 bits per heavy atom. The van der Waals surface area contributed by atoms with Gasteiger partial charge in [0.05, 0.1) is 35.5 Å². The number of hydrogen-bond donors (Lipinski definition) is 1. The highest BCUT2D eigenvalue weighted by atomic mass is 32.2. The largest absolute Gasteiger partial charge is 0.497 e. The molecule has 0 spiro atoms. The van der Waals surface area contributed by atoms with E-state index in [4.69, 9.17) is 14.7 Å². The van der Waals surface area contributed by atoms with Gasteiger partial charge in [-0.15, -0.1) is 11.3 Å². The summed E-state index contributed by atoms with van der Waals surface area (Å²) in [4.78, 5) is 27.8. The molecule has 1 aromatic carbocycles. The van der Waals surface area contributed by atoms with Crippen LogP contribution in [-0.4, -0.2) is 61.6 Å². The zero-order valence-electron chi connectivity index (χ0n) is 16.8. The van der Waals surface area contributed by atoms with Crippen LogP contribution in [-0.2, 0) is 14.3 Å². The smallest absolute Gasteiger partial charge is 0.282 e. The average molecular weight is 465 g/mol. The average Bonchev–Trinajstić information content (AvgIpc) is 3.34. The maximum Gasteiger partial charge on any atom is 0.282 e. The van der Waals surface area contributed by atoms with Crippen molar-refractivity contribution in [1.29, 1.82) is 0 Å². The van der Waals surface area contributed by atoms with E-state index in [1.807, 2.05) is 0 Å². The van der Waals surface area contributed by atoms with E-state index >= 15 is 0 Å². The number of nitrogens with zero attached hydrogens (tertiary/aromatic N) is 3. The fourth-order valence-corrected chi connectivity index (χ4v) is 4.96. The SMILES string of the molecule is COc1ccc(-n2nc(C(=O)N3CC[C@H](OS(C)(=O)=O)C3)c3csc(N)c3c2=O)cc1. The van der Waals surface area contributed by atoms with Crippen LogP contribution in [0.15, 0.2) is 34.4 Å². The molecule has 1 aliphatic rings. The van der Waals surface area contributed by atoms with Gasteiger partial charge in [0.2, 0.25) is 0 Å². The summed E-state index contributed by atoms with van der Waals surface area (Å²) in [6, 6.07) is 6.67. The van der Waals surface area contributed by atoms with E-state index in [9.17, 15) is 18.0 Å². The number of ether oxygens (including phenoxy) is 1. The minimum Gasteiger partial charge on any atom is -0.497 e. The molecule has 1 saturated heterocycles. The number of nitrogen functional groups attached to an aromatic ring is 1. The van der Waals surface area contributed by atoms with Crippen LogP contribution >= 0.6 is 11.3 Å². The molecule has 31 heavy (non-hydrogen) atoms. The van der Waals surface area contributed by atoms with Crippen LogP contribution in [0.2, 0.25) is 0 Å². The molecule has 12 heteroatoms. The number of amides is 1. The van der Waals surface area contributed by atoms with E-state index in [0.717, 1.165) is 22.3 Å². The number of thiophene rings is 1. The third-order valence-corrected chi connectivity index (χ3v) is 6.38. The minimum absolute atomic E-state index is 0.0679. The first-order valence-corrected chi connectivity index (χ1v) is 12.0. The molecule has 1 atom stereocenters. The minimum atomic E-state index is -3.63. The highest BCUT2D eigenvalue weighted by Gasteiger charge is 2.32. The number of methoxy groups -OCH3 is 1.